The SMILES string of the molecule is CCC(C)C(CC)(PC)C(C)(CC)C(C)(C)C. The summed E-state index contributed by atoms with van der Waals surface area (Å²) in [6.07, 6.45) is 3.91. The summed E-state index contributed by atoms with van der Waals surface area (Å²) in [6.45, 7) is 21.9. The third-order valence-electron chi connectivity index (χ3n) is 5.80. The maximum Gasteiger partial charge on any atom is -0.00429 e. The fourth-order valence-corrected chi connectivity index (χ4v) is 6.00. The summed E-state index contributed by atoms with van der Waals surface area (Å²) in [5, 5.41) is 0.509. The van der Waals surface area contributed by atoms with E-state index in [4.69, 9.17) is 0 Å². The molecule has 4 atom stereocenters. The summed E-state index contributed by atoms with van der Waals surface area (Å²) in [7, 11) is 1.04. The van der Waals surface area contributed by atoms with E-state index in [0.717, 1.165) is 14.5 Å². The molecule has 0 aliphatic heterocycles. The second-order valence-electron chi connectivity index (χ2n) is 6.82. The highest BCUT2D eigenvalue weighted by atomic mass is 31.1. The van der Waals surface area contributed by atoms with Gasteiger partial charge < -0.3 is 0 Å². The summed E-state index contributed by atoms with van der Waals surface area (Å²) in [6, 6.07) is 0. The minimum absolute atomic E-state index is 0.379. The van der Waals surface area contributed by atoms with E-state index in [1.165, 1.54) is 19.3 Å². The molecule has 4 unspecified atom stereocenters. The van der Waals surface area contributed by atoms with Crippen LogP contribution in [0, 0.1) is 16.7 Å². The highest BCUT2D eigenvalue weighted by molar-refractivity contribution is 7.39. The van der Waals surface area contributed by atoms with Crippen LogP contribution in [0.25, 0.3) is 0 Å². The van der Waals surface area contributed by atoms with Gasteiger partial charge in [0.2, 0.25) is 0 Å². The molecule has 0 saturated heterocycles. The lowest BCUT2D eigenvalue weighted by Crippen LogP contribution is -2.53. The Bertz CT molecular complexity index is 222. The van der Waals surface area contributed by atoms with Gasteiger partial charge in [0.1, 0.15) is 0 Å². The first-order valence-electron chi connectivity index (χ1n) is 7.35. The predicted octanol–water partition coefficient (Wildman–Crippen LogP) is 5.95. The standard InChI is InChI=1S/C16H35P/c1-10-13(4)16(12-3,17-9)15(8,11-2)14(5,6)7/h13,17H,10-12H2,1-9H3. The van der Waals surface area contributed by atoms with Gasteiger partial charge in [-0.05, 0) is 41.4 Å². The van der Waals surface area contributed by atoms with Crippen molar-refractivity contribution in [3.05, 3.63) is 0 Å². The van der Waals surface area contributed by atoms with Crippen LogP contribution < -0.4 is 0 Å². The van der Waals surface area contributed by atoms with E-state index >= 15 is 0 Å². The Labute approximate surface area is 112 Å². The van der Waals surface area contributed by atoms with Gasteiger partial charge >= 0.3 is 0 Å². The van der Waals surface area contributed by atoms with E-state index in [2.05, 4.69) is 62.1 Å². The van der Waals surface area contributed by atoms with Gasteiger partial charge in [0, 0.05) is 0 Å². The summed E-state index contributed by atoms with van der Waals surface area (Å²) >= 11 is 0. The van der Waals surface area contributed by atoms with Crippen molar-refractivity contribution < 1.29 is 0 Å². The molecule has 0 spiro atoms. The van der Waals surface area contributed by atoms with Gasteiger partial charge in [-0.3, -0.25) is 0 Å². The molecule has 0 radical (unpaired) electrons. The quantitative estimate of drug-likeness (QED) is 0.516. The Morgan fingerprint density at radius 1 is 0.941 bits per heavy atom. The fraction of sp³-hybridized carbons (Fsp3) is 1.00. The molecule has 0 heterocycles. The van der Waals surface area contributed by atoms with Crippen molar-refractivity contribution in [3.63, 3.8) is 0 Å². The van der Waals surface area contributed by atoms with Crippen LogP contribution in [-0.4, -0.2) is 11.8 Å². The van der Waals surface area contributed by atoms with Crippen molar-refractivity contribution >= 4 is 8.58 Å². The molecule has 0 aliphatic rings. The van der Waals surface area contributed by atoms with Crippen molar-refractivity contribution in [1.29, 1.82) is 0 Å². The molecule has 0 rings (SSSR count). The van der Waals surface area contributed by atoms with Gasteiger partial charge in [0.05, 0.1) is 0 Å². The molecule has 0 aromatic rings. The maximum atomic E-state index is 2.54. The Morgan fingerprint density at radius 3 is 1.59 bits per heavy atom. The molecule has 0 aromatic carbocycles. The molecular formula is C16H35P. The average Bonchev–Trinajstić information content (AvgIpc) is 2.28. The molecule has 0 N–H and O–H groups in total. The zero-order valence-corrected chi connectivity index (χ0v) is 14.7. The Hall–Kier alpha value is 0.430. The van der Waals surface area contributed by atoms with E-state index in [1.807, 2.05) is 0 Å². The average molecular weight is 258 g/mol. The van der Waals surface area contributed by atoms with Crippen LogP contribution in [0.15, 0.2) is 0 Å². The summed E-state index contributed by atoms with van der Waals surface area (Å²) in [5.74, 6) is 0.819. The predicted molar refractivity (Wildman–Crippen MR) is 84.6 cm³/mol. The molecule has 0 bridgehead atoms. The van der Waals surface area contributed by atoms with Crippen LogP contribution in [0.3, 0.4) is 0 Å². The van der Waals surface area contributed by atoms with E-state index in [-0.39, 0.29) is 0 Å². The van der Waals surface area contributed by atoms with Gasteiger partial charge in [-0.2, -0.15) is 0 Å². The molecule has 0 saturated carbocycles. The van der Waals surface area contributed by atoms with Gasteiger partial charge in [-0.25, -0.2) is 0 Å². The first-order chi connectivity index (χ1) is 7.66. The Kier molecular flexibility index (Phi) is 6.20. The summed E-state index contributed by atoms with van der Waals surface area (Å²) in [5.41, 5.74) is 0.807. The molecular weight excluding hydrogens is 223 g/mol. The van der Waals surface area contributed by atoms with E-state index < -0.39 is 0 Å². The van der Waals surface area contributed by atoms with Gasteiger partial charge in [0.25, 0.3) is 0 Å². The molecule has 0 aromatic heterocycles. The van der Waals surface area contributed by atoms with Crippen molar-refractivity contribution in [2.24, 2.45) is 16.7 Å². The normalized spacial score (nSPS) is 22.4. The first kappa shape index (κ1) is 17.4. The lowest BCUT2D eigenvalue weighted by atomic mass is 9.55. The van der Waals surface area contributed by atoms with Crippen LogP contribution >= 0.6 is 8.58 Å². The van der Waals surface area contributed by atoms with Crippen molar-refractivity contribution in [1.82, 2.24) is 0 Å². The third-order valence-corrected chi connectivity index (χ3v) is 8.09. The number of rotatable bonds is 6. The number of hydrogen-bond donors (Lipinski definition) is 0. The minimum atomic E-state index is 0.379. The van der Waals surface area contributed by atoms with Crippen LogP contribution in [0.1, 0.15) is 74.7 Å². The Morgan fingerprint density at radius 2 is 1.41 bits per heavy atom. The molecule has 1 heteroatoms. The van der Waals surface area contributed by atoms with Gasteiger partial charge in [0.15, 0.2) is 0 Å². The Balaban J connectivity index is 5.72. The first-order valence-corrected chi connectivity index (χ1v) is 8.85. The zero-order chi connectivity index (χ0) is 13.9. The van der Waals surface area contributed by atoms with Crippen molar-refractivity contribution in [3.8, 4) is 0 Å². The van der Waals surface area contributed by atoms with Crippen LogP contribution in [0.4, 0.5) is 0 Å². The lowest BCUT2D eigenvalue weighted by molar-refractivity contribution is 0.0206. The smallest absolute Gasteiger partial charge is 0.00429 e. The summed E-state index contributed by atoms with van der Waals surface area (Å²) < 4.78 is 0. The van der Waals surface area contributed by atoms with Crippen molar-refractivity contribution in [2.45, 2.75) is 79.8 Å². The highest BCUT2D eigenvalue weighted by Gasteiger charge is 2.53. The van der Waals surface area contributed by atoms with Crippen LogP contribution in [0.5, 0.6) is 0 Å². The monoisotopic (exact) mass is 258 g/mol. The number of hydrogen-bond acceptors (Lipinski definition) is 0. The second-order valence-corrected chi connectivity index (χ2v) is 8.21. The third kappa shape index (κ3) is 2.73. The molecule has 104 valence electrons. The fourth-order valence-electron chi connectivity index (χ4n) is 3.84. The van der Waals surface area contributed by atoms with Gasteiger partial charge in [-0.1, -0.05) is 61.8 Å². The van der Waals surface area contributed by atoms with E-state index in [1.54, 1.807) is 0 Å². The second kappa shape index (κ2) is 6.05. The van der Waals surface area contributed by atoms with E-state index in [0.29, 0.717) is 16.0 Å². The molecule has 0 nitrogen and oxygen atoms in total. The zero-order valence-electron chi connectivity index (χ0n) is 13.7. The molecule has 0 aliphatic carbocycles. The van der Waals surface area contributed by atoms with Crippen LogP contribution in [-0.2, 0) is 0 Å². The van der Waals surface area contributed by atoms with Crippen molar-refractivity contribution in [2.75, 3.05) is 6.66 Å². The van der Waals surface area contributed by atoms with Crippen LogP contribution in [0.2, 0.25) is 0 Å². The molecule has 0 amide bonds. The molecule has 17 heavy (non-hydrogen) atoms. The van der Waals surface area contributed by atoms with E-state index in [9.17, 15) is 0 Å². The lowest BCUT2D eigenvalue weighted by Gasteiger charge is -2.58. The summed E-state index contributed by atoms with van der Waals surface area (Å²) in [4.78, 5) is 0. The van der Waals surface area contributed by atoms with Gasteiger partial charge in [-0.15, -0.1) is 8.58 Å². The minimum Gasteiger partial charge on any atom is -0.118 e. The topological polar surface area (TPSA) is 0 Å². The highest BCUT2D eigenvalue weighted by Crippen LogP contribution is 2.61. The maximum absolute atomic E-state index is 2.54. The molecule has 0 fully saturated rings. The largest absolute Gasteiger partial charge is 0.118 e.